The minimum Gasteiger partial charge on any atom is -0.343 e. The Morgan fingerprint density at radius 3 is 2.93 bits per heavy atom. The highest BCUT2D eigenvalue weighted by Crippen LogP contribution is 2.18. The number of hydrogen-bond donors (Lipinski definition) is 0. The molecule has 3 nitrogen and oxygen atoms in total. The van der Waals surface area contributed by atoms with Gasteiger partial charge in [-0.3, -0.25) is 9.59 Å². The Kier molecular flexibility index (Phi) is 3.89. The Balaban J connectivity index is 2.93. The molecule has 76 valence electrons. The molecule has 0 bridgehead atoms. The number of aromatic nitrogens is 1. The van der Waals surface area contributed by atoms with Crippen LogP contribution in [0.2, 0.25) is 5.02 Å². The number of hydrogen-bond acceptors (Lipinski definition) is 2. The second-order valence-corrected chi connectivity index (χ2v) is 3.45. The third kappa shape index (κ3) is 2.23. The molecule has 1 rings (SSSR count). The van der Waals surface area contributed by atoms with Crippen LogP contribution in [0.15, 0.2) is 12.3 Å². The summed E-state index contributed by atoms with van der Waals surface area (Å²) in [6, 6.07) is 1.63. The minimum absolute atomic E-state index is 0.295. The van der Waals surface area contributed by atoms with Gasteiger partial charge in [-0.15, -0.1) is 0 Å². The van der Waals surface area contributed by atoms with Gasteiger partial charge in [0.05, 0.1) is 5.02 Å². The Morgan fingerprint density at radius 1 is 1.64 bits per heavy atom. The van der Waals surface area contributed by atoms with Crippen molar-refractivity contribution < 1.29 is 9.59 Å². The zero-order chi connectivity index (χ0) is 10.6. The molecule has 0 N–H and O–H groups in total. The second kappa shape index (κ2) is 4.96. The van der Waals surface area contributed by atoms with E-state index < -0.39 is 5.78 Å². The van der Waals surface area contributed by atoms with Crippen LogP contribution < -0.4 is 0 Å². The number of aldehydes is 1. The van der Waals surface area contributed by atoms with Crippen molar-refractivity contribution in [2.45, 2.75) is 26.3 Å². The summed E-state index contributed by atoms with van der Waals surface area (Å²) in [5, 5.41) is 0.346. The zero-order valence-electron chi connectivity index (χ0n) is 8.00. The first-order valence-corrected chi connectivity index (χ1v) is 4.92. The van der Waals surface area contributed by atoms with Crippen molar-refractivity contribution in [2.24, 2.45) is 0 Å². The minimum atomic E-state index is -0.559. The molecule has 0 fully saturated rings. The lowest BCUT2D eigenvalue weighted by Crippen LogP contribution is -2.10. The largest absolute Gasteiger partial charge is 0.343 e. The summed E-state index contributed by atoms with van der Waals surface area (Å²) in [6.07, 6.45) is 4.02. The Bertz CT molecular complexity index is 344. The molecule has 0 amide bonds. The van der Waals surface area contributed by atoms with Gasteiger partial charge in [0.1, 0.15) is 5.69 Å². The molecule has 1 heterocycles. The Labute approximate surface area is 87.7 Å². The summed E-state index contributed by atoms with van der Waals surface area (Å²) in [7, 11) is 0. The molecule has 0 saturated heterocycles. The fourth-order valence-corrected chi connectivity index (χ4v) is 1.53. The molecule has 0 atom stereocenters. The SMILES string of the molecule is CCCCn1ccc(Cl)c1C(=O)C=O. The molecular formula is C10H12ClNO2. The lowest BCUT2D eigenvalue weighted by molar-refractivity contribution is -0.104. The van der Waals surface area contributed by atoms with Crippen molar-refractivity contribution in [3.63, 3.8) is 0 Å². The van der Waals surface area contributed by atoms with Crippen molar-refractivity contribution in [1.29, 1.82) is 0 Å². The van der Waals surface area contributed by atoms with Gasteiger partial charge in [0.25, 0.3) is 0 Å². The van der Waals surface area contributed by atoms with E-state index in [4.69, 9.17) is 11.6 Å². The molecule has 0 aliphatic rings. The van der Waals surface area contributed by atoms with Gasteiger partial charge >= 0.3 is 0 Å². The molecule has 0 aliphatic heterocycles. The Hall–Kier alpha value is -1.09. The van der Waals surface area contributed by atoms with E-state index in [1.54, 1.807) is 16.8 Å². The van der Waals surface area contributed by atoms with E-state index in [-0.39, 0.29) is 0 Å². The van der Waals surface area contributed by atoms with Crippen LogP contribution in [0.3, 0.4) is 0 Å². The fraction of sp³-hybridized carbons (Fsp3) is 0.400. The van der Waals surface area contributed by atoms with E-state index >= 15 is 0 Å². The van der Waals surface area contributed by atoms with Crippen molar-refractivity contribution in [1.82, 2.24) is 4.57 Å². The van der Waals surface area contributed by atoms with Crippen LogP contribution in [0, 0.1) is 0 Å². The highest BCUT2D eigenvalue weighted by molar-refractivity contribution is 6.40. The first kappa shape index (κ1) is 11.0. The number of rotatable bonds is 5. The summed E-state index contributed by atoms with van der Waals surface area (Å²) >= 11 is 5.80. The molecule has 0 spiro atoms. The van der Waals surface area contributed by atoms with Gasteiger partial charge in [-0.1, -0.05) is 24.9 Å². The lowest BCUT2D eigenvalue weighted by Gasteiger charge is -2.05. The van der Waals surface area contributed by atoms with Gasteiger partial charge in [0.2, 0.25) is 5.78 Å². The number of nitrogens with zero attached hydrogens (tertiary/aromatic N) is 1. The number of carbonyl (C=O) groups excluding carboxylic acids is 2. The predicted octanol–water partition coefficient (Wildman–Crippen LogP) is 2.32. The second-order valence-electron chi connectivity index (χ2n) is 3.04. The van der Waals surface area contributed by atoms with E-state index in [9.17, 15) is 9.59 Å². The summed E-state index contributed by atoms with van der Waals surface area (Å²) in [6.45, 7) is 2.78. The van der Waals surface area contributed by atoms with Gasteiger partial charge in [0, 0.05) is 12.7 Å². The standard InChI is InChI=1S/C10H12ClNO2/c1-2-3-5-12-6-4-8(11)10(12)9(14)7-13/h4,6-7H,2-3,5H2,1H3. The molecular weight excluding hydrogens is 202 g/mol. The summed E-state index contributed by atoms with van der Waals surface area (Å²) < 4.78 is 1.72. The van der Waals surface area contributed by atoms with E-state index in [0.29, 0.717) is 17.0 Å². The Morgan fingerprint density at radius 2 is 2.36 bits per heavy atom. The van der Waals surface area contributed by atoms with E-state index in [2.05, 4.69) is 6.92 Å². The smallest absolute Gasteiger partial charge is 0.243 e. The van der Waals surface area contributed by atoms with Crippen LogP contribution in [0.25, 0.3) is 0 Å². The number of aryl methyl sites for hydroxylation is 1. The number of Topliss-reactive ketones (excluding diaryl/α,β-unsaturated/α-hetero) is 1. The highest BCUT2D eigenvalue weighted by Gasteiger charge is 2.14. The quantitative estimate of drug-likeness (QED) is 0.428. The van der Waals surface area contributed by atoms with Gasteiger partial charge in [0.15, 0.2) is 6.29 Å². The van der Waals surface area contributed by atoms with Crippen LogP contribution in [0.4, 0.5) is 0 Å². The maximum atomic E-state index is 11.2. The molecule has 1 aromatic heterocycles. The molecule has 1 aromatic rings. The first-order valence-electron chi connectivity index (χ1n) is 4.54. The average molecular weight is 214 g/mol. The fourth-order valence-electron chi connectivity index (χ4n) is 1.28. The average Bonchev–Trinajstić information content (AvgIpc) is 2.55. The van der Waals surface area contributed by atoms with Crippen molar-refractivity contribution >= 4 is 23.7 Å². The molecule has 0 aromatic carbocycles. The van der Waals surface area contributed by atoms with E-state index in [0.717, 1.165) is 19.4 Å². The number of carbonyl (C=O) groups is 2. The number of unbranched alkanes of at least 4 members (excludes halogenated alkanes) is 1. The highest BCUT2D eigenvalue weighted by atomic mass is 35.5. The zero-order valence-corrected chi connectivity index (χ0v) is 8.75. The molecule has 4 heteroatoms. The van der Waals surface area contributed by atoms with Crippen LogP contribution in [0.5, 0.6) is 0 Å². The summed E-state index contributed by atoms with van der Waals surface area (Å²) in [4.78, 5) is 21.6. The monoisotopic (exact) mass is 213 g/mol. The topological polar surface area (TPSA) is 39.1 Å². The normalized spacial score (nSPS) is 10.1. The van der Waals surface area contributed by atoms with Crippen LogP contribution in [-0.4, -0.2) is 16.6 Å². The van der Waals surface area contributed by atoms with Gasteiger partial charge in [-0.25, -0.2) is 0 Å². The van der Waals surface area contributed by atoms with Crippen molar-refractivity contribution in [2.75, 3.05) is 0 Å². The molecule has 14 heavy (non-hydrogen) atoms. The van der Waals surface area contributed by atoms with Gasteiger partial charge in [-0.2, -0.15) is 0 Å². The first-order chi connectivity index (χ1) is 6.70. The summed E-state index contributed by atoms with van der Waals surface area (Å²) in [5.41, 5.74) is 0.301. The van der Waals surface area contributed by atoms with Crippen LogP contribution >= 0.6 is 11.6 Å². The predicted molar refractivity (Wildman–Crippen MR) is 54.7 cm³/mol. The third-order valence-electron chi connectivity index (χ3n) is 2.01. The third-order valence-corrected chi connectivity index (χ3v) is 2.31. The summed E-state index contributed by atoms with van der Waals surface area (Å²) in [5.74, 6) is -0.559. The molecule has 0 aliphatic carbocycles. The van der Waals surface area contributed by atoms with E-state index in [1.807, 2.05) is 0 Å². The van der Waals surface area contributed by atoms with Crippen LogP contribution in [0.1, 0.15) is 30.3 Å². The maximum absolute atomic E-state index is 11.2. The molecule has 0 radical (unpaired) electrons. The number of ketones is 1. The molecule has 0 saturated carbocycles. The maximum Gasteiger partial charge on any atom is 0.243 e. The molecule has 0 unspecified atom stereocenters. The number of halogens is 1. The van der Waals surface area contributed by atoms with E-state index in [1.165, 1.54) is 0 Å². The van der Waals surface area contributed by atoms with Gasteiger partial charge in [-0.05, 0) is 12.5 Å². The van der Waals surface area contributed by atoms with Crippen LogP contribution in [-0.2, 0) is 11.3 Å². The van der Waals surface area contributed by atoms with Crippen molar-refractivity contribution in [3.05, 3.63) is 23.0 Å². The lowest BCUT2D eigenvalue weighted by atomic mass is 10.3. The van der Waals surface area contributed by atoms with Crippen molar-refractivity contribution in [3.8, 4) is 0 Å². The van der Waals surface area contributed by atoms with Gasteiger partial charge < -0.3 is 4.57 Å².